The Morgan fingerprint density at radius 2 is 2.24 bits per heavy atom. The maximum absolute atomic E-state index is 12.2. The number of piperazine rings is 1. The van der Waals surface area contributed by atoms with E-state index in [1.165, 1.54) is 0 Å². The summed E-state index contributed by atoms with van der Waals surface area (Å²) in [6, 6.07) is 5.74. The Morgan fingerprint density at radius 3 is 3.00 bits per heavy atom. The van der Waals surface area contributed by atoms with Crippen LogP contribution in [-0.4, -0.2) is 47.6 Å². The Morgan fingerprint density at radius 1 is 1.43 bits per heavy atom. The molecular weight excluding hydrogens is 266 g/mol. The summed E-state index contributed by atoms with van der Waals surface area (Å²) in [7, 11) is 2.14. The number of hydrogen-bond donors (Lipinski definition) is 2. The van der Waals surface area contributed by atoms with Gasteiger partial charge >= 0.3 is 0 Å². The maximum atomic E-state index is 12.2. The van der Waals surface area contributed by atoms with Gasteiger partial charge in [0.1, 0.15) is 0 Å². The van der Waals surface area contributed by atoms with Crippen molar-refractivity contribution in [1.82, 2.24) is 14.9 Å². The average Bonchev–Trinajstić information content (AvgIpc) is 2.48. The Bertz CT molecular complexity index is 711. The molecule has 6 nitrogen and oxygen atoms in total. The summed E-state index contributed by atoms with van der Waals surface area (Å²) in [6.45, 7) is 4.92. The summed E-state index contributed by atoms with van der Waals surface area (Å²) < 4.78 is 0. The predicted octanol–water partition coefficient (Wildman–Crippen LogP) is 1.04. The van der Waals surface area contributed by atoms with Crippen molar-refractivity contribution in [3.63, 3.8) is 0 Å². The van der Waals surface area contributed by atoms with Crippen LogP contribution >= 0.6 is 0 Å². The summed E-state index contributed by atoms with van der Waals surface area (Å²) in [5.41, 5.74) is 6.87. The lowest BCUT2D eigenvalue weighted by Gasteiger charge is -2.39. The van der Waals surface area contributed by atoms with Crippen molar-refractivity contribution in [2.75, 3.05) is 37.3 Å². The second kappa shape index (κ2) is 5.37. The lowest BCUT2D eigenvalue weighted by Crippen LogP contribution is -2.52. The van der Waals surface area contributed by atoms with Crippen LogP contribution in [0.1, 0.15) is 13.3 Å². The van der Waals surface area contributed by atoms with Crippen molar-refractivity contribution in [2.45, 2.75) is 19.4 Å². The molecule has 3 rings (SSSR count). The molecule has 0 bridgehead atoms. The van der Waals surface area contributed by atoms with E-state index in [1.807, 2.05) is 0 Å². The molecule has 6 heteroatoms. The van der Waals surface area contributed by atoms with Crippen molar-refractivity contribution in [1.29, 1.82) is 0 Å². The predicted molar refractivity (Wildman–Crippen MR) is 85.7 cm³/mol. The molecule has 0 radical (unpaired) electrons. The van der Waals surface area contributed by atoms with Gasteiger partial charge in [-0.25, -0.2) is 4.98 Å². The van der Waals surface area contributed by atoms with Gasteiger partial charge in [-0.3, -0.25) is 14.7 Å². The normalized spacial score (nSPS) is 20.1. The highest BCUT2D eigenvalue weighted by atomic mass is 16.1. The van der Waals surface area contributed by atoms with Crippen molar-refractivity contribution < 1.29 is 0 Å². The molecule has 21 heavy (non-hydrogen) atoms. The summed E-state index contributed by atoms with van der Waals surface area (Å²) in [5.74, 6) is 0.656. The SMILES string of the molecule is CCC1CN(c2nc3ccc(N)cc3c(=O)[nH]2)CCN1C. The molecule has 1 aromatic heterocycles. The molecule has 0 aliphatic carbocycles. The van der Waals surface area contributed by atoms with Crippen LogP contribution in [0.25, 0.3) is 10.9 Å². The van der Waals surface area contributed by atoms with Crippen LogP contribution in [0.15, 0.2) is 23.0 Å². The monoisotopic (exact) mass is 287 g/mol. The number of nitrogen functional groups attached to an aromatic ring is 1. The number of aromatic nitrogens is 2. The highest BCUT2D eigenvalue weighted by molar-refractivity contribution is 5.81. The fourth-order valence-corrected chi connectivity index (χ4v) is 2.87. The van der Waals surface area contributed by atoms with Gasteiger partial charge in [-0.05, 0) is 31.7 Å². The van der Waals surface area contributed by atoms with Crippen molar-refractivity contribution in [3.8, 4) is 0 Å². The standard InChI is InChI=1S/C15H21N5O/c1-3-11-9-20(7-6-19(11)2)15-17-13-5-4-10(16)8-12(13)14(21)18-15/h4-5,8,11H,3,6-7,9,16H2,1-2H3,(H,17,18,21). The number of aromatic amines is 1. The van der Waals surface area contributed by atoms with Crippen molar-refractivity contribution in [2.24, 2.45) is 0 Å². The first-order chi connectivity index (χ1) is 10.1. The van der Waals surface area contributed by atoms with E-state index in [2.05, 4.69) is 33.7 Å². The maximum Gasteiger partial charge on any atom is 0.260 e. The zero-order valence-corrected chi connectivity index (χ0v) is 12.5. The van der Waals surface area contributed by atoms with Gasteiger partial charge in [0, 0.05) is 31.4 Å². The zero-order chi connectivity index (χ0) is 15.0. The molecule has 1 fully saturated rings. The first-order valence-electron chi connectivity index (χ1n) is 7.33. The van der Waals surface area contributed by atoms with E-state index in [9.17, 15) is 4.79 Å². The van der Waals surface area contributed by atoms with Crippen LogP contribution in [0.3, 0.4) is 0 Å². The largest absolute Gasteiger partial charge is 0.399 e. The number of nitrogens with one attached hydrogen (secondary N) is 1. The minimum atomic E-state index is -0.130. The van der Waals surface area contributed by atoms with Crippen LogP contribution < -0.4 is 16.2 Å². The molecule has 1 atom stereocenters. The topological polar surface area (TPSA) is 78.2 Å². The molecule has 2 aromatic rings. The quantitative estimate of drug-likeness (QED) is 0.807. The van der Waals surface area contributed by atoms with Crippen molar-refractivity contribution >= 4 is 22.5 Å². The van der Waals surface area contributed by atoms with E-state index >= 15 is 0 Å². The molecule has 1 aliphatic rings. The number of rotatable bonds is 2. The van der Waals surface area contributed by atoms with Gasteiger partial charge in [-0.2, -0.15) is 0 Å². The average molecular weight is 287 g/mol. The molecule has 1 aliphatic heterocycles. The van der Waals surface area contributed by atoms with Crippen LogP contribution in [0, 0.1) is 0 Å². The highest BCUT2D eigenvalue weighted by Gasteiger charge is 2.24. The van der Waals surface area contributed by atoms with E-state index in [1.54, 1.807) is 18.2 Å². The van der Waals surface area contributed by atoms with Crippen LogP contribution in [0.2, 0.25) is 0 Å². The van der Waals surface area contributed by atoms with Gasteiger partial charge < -0.3 is 10.6 Å². The van der Waals surface area contributed by atoms with E-state index in [0.717, 1.165) is 26.1 Å². The van der Waals surface area contributed by atoms with E-state index < -0.39 is 0 Å². The fourth-order valence-electron chi connectivity index (χ4n) is 2.87. The summed E-state index contributed by atoms with van der Waals surface area (Å²) in [4.78, 5) is 24.2. The third kappa shape index (κ3) is 2.58. The molecule has 0 spiro atoms. The molecule has 0 amide bonds. The van der Waals surface area contributed by atoms with Gasteiger partial charge in [-0.1, -0.05) is 6.92 Å². The van der Waals surface area contributed by atoms with E-state index in [0.29, 0.717) is 28.6 Å². The van der Waals surface area contributed by atoms with Gasteiger partial charge in [0.25, 0.3) is 5.56 Å². The Balaban J connectivity index is 1.98. The van der Waals surface area contributed by atoms with Crippen LogP contribution in [0.4, 0.5) is 11.6 Å². The minimum Gasteiger partial charge on any atom is -0.399 e. The second-order valence-corrected chi connectivity index (χ2v) is 5.65. The van der Waals surface area contributed by atoms with Crippen LogP contribution in [0.5, 0.6) is 0 Å². The fraction of sp³-hybridized carbons (Fsp3) is 0.467. The number of nitrogens with two attached hydrogens (primary N) is 1. The molecule has 112 valence electrons. The molecule has 1 saturated heterocycles. The Kier molecular flexibility index (Phi) is 3.55. The zero-order valence-electron chi connectivity index (χ0n) is 12.5. The van der Waals surface area contributed by atoms with Gasteiger partial charge in [0.05, 0.1) is 10.9 Å². The number of nitrogens with zero attached hydrogens (tertiary/aromatic N) is 3. The summed E-state index contributed by atoms with van der Waals surface area (Å²) >= 11 is 0. The number of H-pyrrole nitrogens is 1. The smallest absolute Gasteiger partial charge is 0.260 e. The Hall–Kier alpha value is -2.08. The molecule has 1 aromatic carbocycles. The lowest BCUT2D eigenvalue weighted by atomic mass is 10.1. The summed E-state index contributed by atoms with van der Waals surface area (Å²) in [6.07, 6.45) is 1.08. The molecule has 0 saturated carbocycles. The van der Waals surface area contributed by atoms with Gasteiger partial charge in [0.2, 0.25) is 5.95 Å². The minimum absolute atomic E-state index is 0.130. The first kappa shape index (κ1) is 13.9. The molecule has 3 N–H and O–H groups in total. The van der Waals surface area contributed by atoms with Gasteiger partial charge in [0.15, 0.2) is 0 Å². The van der Waals surface area contributed by atoms with E-state index in [4.69, 9.17) is 5.73 Å². The molecule has 1 unspecified atom stereocenters. The van der Waals surface area contributed by atoms with Crippen LogP contribution in [-0.2, 0) is 0 Å². The van der Waals surface area contributed by atoms with Crippen molar-refractivity contribution in [3.05, 3.63) is 28.6 Å². The molecular formula is C15H21N5O. The van der Waals surface area contributed by atoms with E-state index in [-0.39, 0.29) is 5.56 Å². The second-order valence-electron chi connectivity index (χ2n) is 5.65. The van der Waals surface area contributed by atoms with Gasteiger partial charge in [-0.15, -0.1) is 0 Å². The summed E-state index contributed by atoms with van der Waals surface area (Å²) in [5, 5.41) is 0.542. The number of likely N-dealkylation sites (N-methyl/N-ethyl adjacent to an activating group) is 1. The number of anilines is 2. The Labute approximate surface area is 123 Å². The third-order valence-electron chi connectivity index (χ3n) is 4.26. The highest BCUT2D eigenvalue weighted by Crippen LogP contribution is 2.18. The molecule has 2 heterocycles. The lowest BCUT2D eigenvalue weighted by molar-refractivity contribution is 0.212. The third-order valence-corrected chi connectivity index (χ3v) is 4.26. The number of hydrogen-bond acceptors (Lipinski definition) is 5. The number of fused-ring (bicyclic) bond motifs is 1. The first-order valence-corrected chi connectivity index (χ1v) is 7.33. The number of benzene rings is 1.